The fourth-order valence-corrected chi connectivity index (χ4v) is 2.33. The number of rotatable bonds is 10. The van der Waals surface area contributed by atoms with Crippen LogP contribution in [0.3, 0.4) is 0 Å². The Bertz CT molecular complexity index is 411. The maximum absolute atomic E-state index is 13.9. The van der Waals surface area contributed by atoms with Gasteiger partial charge in [0.15, 0.2) is 6.29 Å². The summed E-state index contributed by atoms with van der Waals surface area (Å²) in [5.74, 6) is -0.255. The van der Waals surface area contributed by atoms with E-state index in [1.807, 2.05) is 13.8 Å². The van der Waals surface area contributed by atoms with Crippen molar-refractivity contribution in [3.8, 4) is 0 Å². The van der Waals surface area contributed by atoms with Crippen molar-refractivity contribution in [2.75, 3.05) is 19.8 Å². The van der Waals surface area contributed by atoms with Gasteiger partial charge in [0.2, 0.25) is 0 Å². The highest BCUT2D eigenvalue weighted by atomic mass is 35.5. The first-order chi connectivity index (χ1) is 10.1. The third-order valence-electron chi connectivity index (χ3n) is 3.09. The van der Waals surface area contributed by atoms with Crippen molar-refractivity contribution in [3.63, 3.8) is 0 Å². The smallest absolute Gasteiger partial charge is 0.172 e. The standard InChI is InChI=1S/C16H25ClFNO2/c1-4-9-19-15(16(20-5-2)21-6-3)11-12-10-13(17)7-8-14(12)18/h7-8,10,15-16,19H,4-6,9,11H2,1-3H3. The van der Waals surface area contributed by atoms with Crippen molar-refractivity contribution in [2.24, 2.45) is 0 Å². The molecule has 1 rings (SSSR count). The summed E-state index contributed by atoms with van der Waals surface area (Å²) in [6, 6.07) is 4.49. The van der Waals surface area contributed by atoms with Gasteiger partial charge >= 0.3 is 0 Å². The molecule has 0 aliphatic rings. The first-order valence-electron chi connectivity index (χ1n) is 7.52. The van der Waals surface area contributed by atoms with Gasteiger partial charge in [-0.25, -0.2) is 4.39 Å². The predicted octanol–water partition coefficient (Wildman–Crippen LogP) is 3.79. The van der Waals surface area contributed by atoms with Crippen LogP contribution in [0.15, 0.2) is 18.2 Å². The van der Waals surface area contributed by atoms with Crippen molar-refractivity contribution in [2.45, 2.75) is 45.9 Å². The van der Waals surface area contributed by atoms with Crippen LogP contribution < -0.4 is 5.32 Å². The van der Waals surface area contributed by atoms with Gasteiger partial charge in [0.1, 0.15) is 5.82 Å². The maximum atomic E-state index is 13.9. The minimum absolute atomic E-state index is 0.113. The molecule has 1 atom stereocenters. The van der Waals surface area contributed by atoms with E-state index in [1.165, 1.54) is 6.07 Å². The van der Waals surface area contributed by atoms with E-state index in [9.17, 15) is 4.39 Å². The normalized spacial score (nSPS) is 12.9. The van der Waals surface area contributed by atoms with Gasteiger partial charge in [0.05, 0.1) is 6.04 Å². The SMILES string of the molecule is CCCNC(Cc1cc(Cl)ccc1F)C(OCC)OCC. The number of benzene rings is 1. The van der Waals surface area contributed by atoms with Crippen LogP contribution in [0.5, 0.6) is 0 Å². The van der Waals surface area contributed by atoms with Crippen LogP contribution in [0.1, 0.15) is 32.8 Å². The van der Waals surface area contributed by atoms with E-state index < -0.39 is 6.29 Å². The van der Waals surface area contributed by atoms with Crippen LogP contribution in [-0.2, 0) is 15.9 Å². The predicted molar refractivity (Wildman–Crippen MR) is 84.2 cm³/mol. The summed E-state index contributed by atoms with van der Waals surface area (Å²) in [5, 5.41) is 3.91. The van der Waals surface area contributed by atoms with E-state index >= 15 is 0 Å². The van der Waals surface area contributed by atoms with Gasteiger partial charge < -0.3 is 14.8 Å². The molecule has 0 radical (unpaired) electrons. The van der Waals surface area contributed by atoms with Gasteiger partial charge in [-0.15, -0.1) is 0 Å². The van der Waals surface area contributed by atoms with E-state index in [0.717, 1.165) is 13.0 Å². The van der Waals surface area contributed by atoms with Crippen molar-refractivity contribution >= 4 is 11.6 Å². The molecule has 1 aromatic carbocycles. The lowest BCUT2D eigenvalue weighted by atomic mass is 10.0. The Balaban J connectivity index is 2.86. The lowest BCUT2D eigenvalue weighted by Crippen LogP contribution is -2.45. The molecule has 21 heavy (non-hydrogen) atoms. The van der Waals surface area contributed by atoms with Gasteiger partial charge in [0, 0.05) is 18.2 Å². The minimum Gasteiger partial charge on any atom is -0.351 e. The lowest BCUT2D eigenvalue weighted by molar-refractivity contribution is -0.153. The highest BCUT2D eigenvalue weighted by Gasteiger charge is 2.23. The topological polar surface area (TPSA) is 30.5 Å². The molecule has 3 nitrogen and oxygen atoms in total. The molecule has 0 fully saturated rings. The van der Waals surface area contributed by atoms with Crippen molar-refractivity contribution in [1.82, 2.24) is 5.32 Å². The number of hydrogen-bond acceptors (Lipinski definition) is 3. The molecule has 0 bridgehead atoms. The molecule has 0 aliphatic heterocycles. The monoisotopic (exact) mass is 317 g/mol. The third kappa shape index (κ3) is 6.30. The molecule has 1 N–H and O–H groups in total. The van der Waals surface area contributed by atoms with Crippen LogP contribution in [0.25, 0.3) is 0 Å². The van der Waals surface area contributed by atoms with Crippen molar-refractivity contribution in [1.29, 1.82) is 0 Å². The van der Waals surface area contributed by atoms with Gasteiger partial charge in [-0.1, -0.05) is 18.5 Å². The zero-order chi connectivity index (χ0) is 15.7. The summed E-state index contributed by atoms with van der Waals surface area (Å²) in [5.41, 5.74) is 0.570. The van der Waals surface area contributed by atoms with E-state index in [2.05, 4.69) is 12.2 Å². The molecule has 0 aliphatic carbocycles. The van der Waals surface area contributed by atoms with E-state index in [0.29, 0.717) is 30.2 Å². The van der Waals surface area contributed by atoms with Crippen LogP contribution in [0.2, 0.25) is 5.02 Å². The molecule has 1 aromatic rings. The number of hydrogen-bond donors (Lipinski definition) is 1. The Morgan fingerprint density at radius 2 is 1.86 bits per heavy atom. The third-order valence-corrected chi connectivity index (χ3v) is 3.33. The molecular weight excluding hydrogens is 293 g/mol. The Labute approximate surface area is 131 Å². The summed E-state index contributed by atoms with van der Waals surface area (Å²) < 4.78 is 25.2. The lowest BCUT2D eigenvalue weighted by Gasteiger charge is -2.28. The molecule has 0 spiro atoms. The highest BCUT2D eigenvalue weighted by Crippen LogP contribution is 2.18. The molecule has 0 saturated heterocycles. The average molecular weight is 318 g/mol. The van der Waals surface area contributed by atoms with Crippen LogP contribution >= 0.6 is 11.6 Å². The Kier molecular flexibility index (Phi) is 8.85. The second kappa shape index (κ2) is 10.1. The first-order valence-corrected chi connectivity index (χ1v) is 7.90. The van der Waals surface area contributed by atoms with E-state index in [-0.39, 0.29) is 11.9 Å². The Morgan fingerprint density at radius 1 is 1.19 bits per heavy atom. The minimum atomic E-state index is -0.398. The molecule has 0 aromatic heterocycles. The largest absolute Gasteiger partial charge is 0.351 e. The van der Waals surface area contributed by atoms with Crippen LogP contribution in [0.4, 0.5) is 4.39 Å². The second-order valence-electron chi connectivity index (χ2n) is 4.78. The Morgan fingerprint density at radius 3 is 2.43 bits per heavy atom. The zero-order valence-electron chi connectivity index (χ0n) is 13.0. The molecule has 120 valence electrons. The highest BCUT2D eigenvalue weighted by molar-refractivity contribution is 6.30. The van der Waals surface area contributed by atoms with Crippen LogP contribution in [0, 0.1) is 5.82 Å². The molecule has 0 amide bonds. The summed E-state index contributed by atoms with van der Waals surface area (Å²) >= 11 is 5.96. The van der Waals surface area contributed by atoms with E-state index in [4.69, 9.17) is 21.1 Å². The molecule has 1 unspecified atom stereocenters. The van der Waals surface area contributed by atoms with Crippen molar-refractivity contribution in [3.05, 3.63) is 34.6 Å². The summed E-state index contributed by atoms with van der Waals surface area (Å²) in [6.45, 7) is 7.84. The van der Waals surface area contributed by atoms with E-state index in [1.54, 1.807) is 12.1 Å². The number of ether oxygens (including phenoxy) is 2. The fraction of sp³-hybridized carbons (Fsp3) is 0.625. The maximum Gasteiger partial charge on any atom is 0.172 e. The van der Waals surface area contributed by atoms with Gasteiger partial charge in [-0.2, -0.15) is 0 Å². The summed E-state index contributed by atoms with van der Waals surface area (Å²) in [6.07, 6.45) is 1.06. The molecule has 5 heteroatoms. The summed E-state index contributed by atoms with van der Waals surface area (Å²) in [4.78, 5) is 0. The average Bonchev–Trinajstić information content (AvgIpc) is 2.47. The van der Waals surface area contributed by atoms with Gasteiger partial charge in [-0.3, -0.25) is 0 Å². The zero-order valence-corrected chi connectivity index (χ0v) is 13.8. The number of nitrogens with one attached hydrogen (secondary N) is 1. The number of halogens is 2. The van der Waals surface area contributed by atoms with Gasteiger partial charge in [-0.05, 0) is 57.0 Å². The quantitative estimate of drug-likeness (QED) is 0.666. The second-order valence-corrected chi connectivity index (χ2v) is 5.22. The molecular formula is C16H25ClFNO2. The van der Waals surface area contributed by atoms with Gasteiger partial charge in [0.25, 0.3) is 0 Å². The first kappa shape index (κ1) is 18.4. The summed E-state index contributed by atoms with van der Waals surface area (Å²) in [7, 11) is 0. The molecule has 0 heterocycles. The van der Waals surface area contributed by atoms with Crippen LogP contribution in [-0.4, -0.2) is 32.1 Å². The van der Waals surface area contributed by atoms with Crippen molar-refractivity contribution < 1.29 is 13.9 Å². The molecule has 0 saturated carbocycles. The Hall–Kier alpha value is -0.680. The fourth-order valence-electron chi connectivity index (χ4n) is 2.14.